The van der Waals surface area contributed by atoms with Crippen molar-refractivity contribution in [2.75, 3.05) is 27.2 Å². The molecular formula is C27H55NO2. The first-order chi connectivity index (χ1) is 14.5. The first-order valence-corrected chi connectivity index (χ1v) is 13.5. The maximum atomic E-state index is 10.4. The minimum atomic E-state index is -0.903. The van der Waals surface area contributed by atoms with Gasteiger partial charge in [-0.25, -0.2) is 0 Å². The molecular weight excluding hydrogens is 370 g/mol. The number of carbonyl (C=O) groups is 1. The Morgan fingerprint density at radius 1 is 0.533 bits per heavy atom. The molecule has 0 aromatic carbocycles. The molecule has 180 valence electrons. The minimum Gasteiger partial charge on any atom is -0.550 e. The van der Waals surface area contributed by atoms with Crippen LogP contribution in [-0.4, -0.2) is 37.6 Å². The molecule has 0 aromatic heterocycles. The molecule has 0 unspecified atom stereocenters. The second-order valence-electron chi connectivity index (χ2n) is 10.2. The van der Waals surface area contributed by atoms with Gasteiger partial charge in [0, 0.05) is 5.97 Å². The highest BCUT2D eigenvalue weighted by Gasteiger charge is 2.13. The predicted octanol–water partition coefficient (Wildman–Crippen LogP) is 7.02. The number of carbonyl (C=O) groups excluding carboxylic acids is 1. The Hall–Kier alpha value is -0.570. The number of carboxylic acid groups (broad SMARTS) is 1. The van der Waals surface area contributed by atoms with E-state index in [-0.39, 0.29) is 6.42 Å². The fourth-order valence-corrected chi connectivity index (χ4v) is 4.36. The molecule has 0 N–H and O–H groups in total. The van der Waals surface area contributed by atoms with Gasteiger partial charge in [-0.1, -0.05) is 103 Å². The van der Waals surface area contributed by atoms with Crippen molar-refractivity contribution < 1.29 is 14.4 Å². The molecule has 0 amide bonds. The van der Waals surface area contributed by atoms with Crippen molar-refractivity contribution in [2.45, 2.75) is 142 Å². The van der Waals surface area contributed by atoms with Crippen LogP contribution < -0.4 is 5.11 Å². The third kappa shape index (κ3) is 23.7. The van der Waals surface area contributed by atoms with Gasteiger partial charge < -0.3 is 14.4 Å². The number of aliphatic carboxylic acids is 1. The zero-order chi connectivity index (χ0) is 22.3. The van der Waals surface area contributed by atoms with E-state index in [1.807, 2.05) is 0 Å². The highest BCUT2D eigenvalue weighted by Crippen LogP contribution is 2.14. The van der Waals surface area contributed by atoms with Crippen LogP contribution in [0.15, 0.2) is 0 Å². The molecule has 0 saturated carbocycles. The van der Waals surface area contributed by atoms with Crippen LogP contribution in [0.1, 0.15) is 142 Å². The number of nitrogens with zero attached hydrogens (tertiary/aromatic N) is 1. The maximum Gasteiger partial charge on any atom is 0.0782 e. The molecule has 0 atom stereocenters. The summed E-state index contributed by atoms with van der Waals surface area (Å²) in [4.78, 5) is 10.4. The Morgan fingerprint density at radius 3 is 1.17 bits per heavy atom. The lowest BCUT2D eigenvalue weighted by atomic mass is 10.0. The van der Waals surface area contributed by atoms with E-state index in [4.69, 9.17) is 0 Å². The van der Waals surface area contributed by atoms with Crippen molar-refractivity contribution in [3.05, 3.63) is 0 Å². The molecule has 0 rings (SSSR count). The average Bonchev–Trinajstić information content (AvgIpc) is 2.70. The van der Waals surface area contributed by atoms with E-state index in [0.29, 0.717) is 0 Å². The summed E-state index contributed by atoms with van der Waals surface area (Å²) in [7, 11) is 4.80. The Kier molecular flexibility index (Phi) is 21.2. The van der Waals surface area contributed by atoms with Crippen molar-refractivity contribution in [1.29, 1.82) is 0 Å². The molecule has 0 aromatic rings. The van der Waals surface area contributed by atoms with Gasteiger partial charge in [-0.3, -0.25) is 0 Å². The van der Waals surface area contributed by atoms with Gasteiger partial charge in [-0.2, -0.15) is 0 Å². The predicted molar refractivity (Wildman–Crippen MR) is 129 cm³/mol. The Balaban J connectivity index is 3.32. The van der Waals surface area contributed by atoms with Crippen LogP contribution in [0.25, 0.3) is 0 Å². The molecule has 0 saturated heterocycles. The quantitative estimate of drug-likeness (QED) is 0.123. The van der Waals surface area contributed by atoms with Gasteiger partial charge >= 0.3 is 0 Å². The van der Waals surface area contributed by atoms with E-state index >= 15 is 0 Å². The van der Waals surface area contributed by atoms with E-state index in [0.717, 1.165) is 12.8 Å². The third-order valence-electron chi connectivity index (χ3n) is 6.51. The molecule has 0 aliphatic carbocycles. The second-order valence-corrected chi connectivity index (χ2v) is 10.2. The Labute approximate surface area is 189 Å². The lowest BCUT2D eigenvalue weighted by Gasteiger charge is -2.30. The van der Waals surface area contributed by atoms with E-state index in [1.54, 1.807) is 0 Å². The SMILES string of the molecule is CCCCCCCCCCCCCC[N+](C)(C)CCCCCCCCCCC(=O)[O-]. The van der Waals surface area contributed by atoms with Crippen LogP contribution >= 0.6 is 0 Å². The van der Waals surface area contributed by atoms with Crippen LogP contribution in [-0.2, 0) is 4.79 Å². The van der Waals surface area contributed by atoms with E-state index in [1.165, 1.54) is 133 Å². The second kappa shape index (κ2) is 21.7. The van der Waals surface area contributed by atoms with Crippen molar-refractivity contribution in [2.24, 2.45) is 0 Å². The Bertz CT molecular complexity index is 368. The van der Waals surface area contributed by atoms with Gasteiger partial charge in [0.15, 0.2) is 0 Å². The summed E-state index contributed by atoms with van der Waals surface area (Å²) in [6.07, 6.45) is 27.0. The summed E-state index contributed by atoms with van der Waals surface area (Å²) >= 11 is 0. The summed E-state index contributed by atoms with van der Waals surface area (Å²) in [5, 5.41) is 10.4. The summed E-state index contributed by atoms with van der Waals surface area (Å²) in [6, 6.07) is 0. The van der Waals surface area contributed by atoms with Crippen molar-refractivity contribution in [3.63, 3.8) is 0 Å². The largest absolute Gasteiger partial charge is 0.550 e. The highest BCUT2D eigenvalue weighted by molar-refractivity contribution is 5.63. The summed E-state index contributed by atoms with van der Waals surface area (Å²) in [5.41, 5.74) is 0. The van der Waals surface area contributed by atoms with Gasteiger partial charge in [0.05, 0.1) is 27.2 Å². The molecule has 0 fully saturated rings. The van der Waals surface area contributed by atoms with E-state index < -0.39 is 5.97 Å². The number of hydrogen-bond acceptors (Lipinski definition) is 2. The van der Waals surface area contributed by atoms with Crippen LogP contribution in [0, 0.1) is 0 Å². The molecule has 0 aliphatic rings. The molecule has 30 heavy (non-hydrogen) atoms. The molecule has 0 radical (unpaired) electrons. The molecule has 0 aliphatic heterocycles. The van der Waals surface area contributed by atoms with Gasteiger partial charge in [-0.05, 0) is 38.5 Å². The number of hydrogen-bond donors (Lipinski definition) is 0. The average molecular weight is 426 g/mol. The lowest BCUT2D eigenvalue weighted by Crippen LogP contribution is -2.41. The van der Waals surface area contributed by atoms with Crippen molar-refractivity contribution in [1.82, 2.24) is 0 Å². The number of quaternary nitrogens is 1. The molecule has 3 nitrogen and oxygen atoms in total. The monoisotopic (exact) mass is 425 g/mol. The third-order valence-corrected chi connectivity index (χ3v) is 6.51. The zero-order valence-electron chi connectivity index (χ0n) is 21.0. The van der Waals surface area contributed by atoms with E-state index in [9.17, 15) is 9.90 Å². The standard InChI is InChI=1S/C27H55NO2/c1-4-5-6-7-8-9-10-11-13-16-19-22-25-28(2,3)26-23-20-17-14-12-15-18-21-24-27(29)30/h4-26H2,1-3H3. The van der Waals surface area contributed by atoms with Crippen LogP contribution in [0.4, 0.5) is 0 Å². The smallest absolute Gasteiger partial charge is 0.0782 e. The maximum absolute atomic E-state index is 10.4. The van der Waals surface area contributed by atoms with Crippen molar-refractivity contribution in [3.8, 4) is 0 Å². The summed E-state index contributed by atoms with van der Waals surface area (Å²) in [6.45, 7) is 4.93. The Morgan fingerprint density at radius 2 is 0.833 bits per heavy atom. The van der Waals surface area contributed by atoms with Crippen molar-refractivity contribution >= 4 is 5.97 Å². The first-order valence-electron chi connectivity index (χ1n) is 13.5. The fraction of sp³-hybridized carbons (Fsp3) is 0.963. The molecule has 0 spiro atoms. The highest BCUT2D eigenvalue weighted by atomic mass is 16.4. The number of unbranched alkanes of at least 4 members (excludes halogenated alkanes) is 18. The zero-order valence-corrected chi connectivity index (χ0v) is 21.0. The molecule has 0 bridgehead atoms. The summed E-state index contributed by atoms with van der Waals surface area (Å²) < 4.78 is 1.18. The van der Waals surface area contributed by atoms with E-state index in [2.05, 4.69) is 21.0 Å². The number of rotatable bonds is 24. The van der Waals surface area contributed by atoms with Crippen LogP contribution in [0.5, 0.6) is 0 Å². The van der Waals surface area contributed by atoms with Crippen LogP contribution in [0.3, 0.4) is 0 Å². The fourth-order valence-electron chi connectivity index (χ4n) is 4.36. The van der Waals surface area contributed by atoms with Gasteiger partial charge in [0.25, 0.3) is 0 Å². The summed E-state index contributed by atoms with van der Waals surface area (Å²) in [5.74, 6) is -0.903. The van der Waals surface area contributed by atoms with Gasteiger partial charge in [0.1, 0.15) is 0 Å². The van der Waals surface area contributed by atoms with Crippen LogP contribution in [0.2, 0.25) is 0 Å². The first kappa shape index (κ1) is 29.4. The molecule has 3 heteroatoms. The lowest BCUT2D eigenvalue weighted by molar-refractivity contribution is -0.890. The topological polar surface area (TPSA) is 40.1 Å². The normalized spacial score (nSPS) is 11.8. The van der Waals surface area contributed by atoms with Gasteiger partial charge in [-0.15, -0.1) is 0 Å². The van der Waals surface area contributed by atoms with Gasteiger partial charge in [0.2, 0.25) is 0 Å². The minimum absolute atomic E-state index is 0.228. The number of carboxylic acids is 1. The molecule has 0 heterocycles.